The largest absolute Gasteiger partial charge is 0.481 e. The molecule has 0 saturated carbocycles. The van der Waals surface area contributed by atoms with Crippen molar-refractivity contribution >= 4 is 23.7 Å². The molecule has 6 N–H and O–H groups in total. The Kier molecular flexibility index (Phi) is 11.7. The third-order valence-corrected chi connectivity index (χ3v) is 4.75. The topological polar surface area (TPSA) is 169 Å². The number of carbonyl (C=O) groups is 3. The maximum absolute atomic E-state index is 12.8. The van der Waals surface area contributed by atoms with Gasteiger partial charge in [-0.2, -0.15) is 0 Å². The number of pyridine rings is 1. The number of rotatable bonds is 4. The predicted molar refractivity (Wildman–Crippen MR) is 129 cm³/mol. The number of anilines is 1. The van der Waals surface area contributed by atoms with Gasteiger partial charge in [0.05, 0.1) is 12.7 Å². The summed E-state index contributed by atoms with van der Waals surface area (Å²) in [7, 11) is 0. The number of carboxylic acids is 2. The molecule has 0 bridgehead atoms. The van der Waals surface area contributed by atoms with E-state index in [4.69, 9.17) is 36.0 Å². The van der Waals surface area contributed by atoms with Crippen LogP contribution in [0, 0.1) is 13.8 Å². The highest BCUT2D eigenvalue weighted by molar-refractivity contribution is 5.95. The van der Waals surface area contributed by atoms with Crippen LogP contribution in [-0.4, -0.2) is 70.3 Å². The van der Waals surface area contributed by atoms with Gasteiger partial charge in [-0.15, -0.1) is 0 Å². The van der Waals surface area contributed by atoms with Gasteiger partial charge in [-0.1, -0.05) is 12.1 Å². The monoisotopic (exact) mass is 474 g/mol. The number of benzene rings is 1. The fourth-order valence-corrected chi connectivity index (χ4v) is 3.52. The molecule has 2 aromatic rings. The molecule has 0 aliphatic carbocycles. The van der Waals surface area contributed by atoms with E-state index in [2.05, 4.69) is 4.98 Å². The third kappa shape index (κ3) is 9.55. The van der Waals surface area contributed by atoms with Crippen molar-refractivity contribution in [3.63, 3.8) is 0 Å². The summed E-state index contributed by atoms with van der Waals surface area (Å²) in [5.41, 5.74) is 16.1. The molecule has 0 radical (unpaired) electrons. The van der Waals surface area contributed by atoms with Crippen LogP contribution in [0.25, 0.3) is 11.1 Å². The Bertz CT molecular complexity index is 933. The first kappa shape index (κ1) is 28.5. The summed E-state index contributed by atoms with van der Waals surface area (Å²) in [5.74, 6) is -1.11. The Balaban J connectivity index is 0.000000629. The SMILES string of the molecule is CC(=O)O.CC(=O)O.Cc1cc(N)nc(C)c1-c1ccc(C(=O)N2CCOC(CCN)C2)cc1. The summed E-state index contributed by atoms with van der Waals surface area (Å²) < 4.78 is 5.66. The molecule has 1 aliphatic heterocycles. The number of aryl methyl sites for hydroxylation is 2. The van der Waals surface area contributed by atoms with Crippen LogP contribution < -0.4 is 11.5 Å². The fourth-order valence-electron chi connectivity index (χ4n) is 3.52. The minimum Gasteiger partial charge on any atom is -0.481 e. The molecule has 1 aromatic heterocycles. The molecule has 1 amide bonds. The van der Waals surface area contributed by atoms with Crippen LogP contribution in [-0.2, 0) is 14.3 Å². The van der Waals surface area contributed by atoms with Gasteiger partial charge < -0.3 is 31.3 Å². The van der Waals surface area contributed by atoms with Crippen LogP contribution in [0.1, 0.15) is 41.9 Å². The molecule has 34 heavy (non-hydrogen) atoms. The number of amides is 1. The molecule has 1 atom stereocenters. The summed E-state index contributed by atoms with van der Waals surface area (Å²) in [6.45, 7) is 8.47. The smallest absolute Gasteiger partial charge is 0.300 e. The van der Waals surface area contributed by atoms with E-state index in [1.165, 1.54) is 0 Å². The van der Waals surface area contributed by atoms with E-state index in [0.29, 0.717) is 37.6 Å². The number of morpholine rings is 1. The predicted octanol–water partition coefficient (Wildman–Crippen LogP) is 2.32. The van der Waals surface area contributed by atoms with E-state index in [1.807, 2.05) is 49.1 Å². The van der Waals surface area contributed by atoms with Gasteiger partial charge in [0.25, 0.3) is 17.8 Å². The highest BCUT2D eigenvalue weighted by Gasteiger charge is 2.24. The van der Waals surface area contributed by atoms with E-state index >= 15 is 0 Å². The van der Waals surface area contributed by atoms with E-state index in [9.17, 15) is 4.79 Å². The zero-order valence-corrected chi connectivity index (χ0v) is 20.1. The molecular weight excluding hydrogens is 440 g/mol. The highest BCUT2D eigenvalue weighted by Crippen LogP contribution is 2.28. The lowest BCUT2D eigenvalue weighted by Gasteiger charge is -2.33. The van der Waals surface area contributed by atoms with E-state index < -0.39 is 11.9 Å². The van der Waals surface area contributed by atoms with Gasteiger partial charge >= 0.3 is 0 Å². The number of hydrogen-bond acceptors (Lipinski definition) is 7. The lowest BCUT2D eigenvalue weighted by Crippen LogP contribution is -2.46. The number of carbonyl (C=O) groups excluding carboxylic acids is 1. The van der Waals surface area contributed by atoms with Crippen molar-refractivity contribution in [2.45, 2.75) is 40.2 Å². The van der Waals surface area contributed by atoms with Gasteiger partial charge in [-0.05, 0) is 56.1 Å². The first-order valence-electron chi connectivity index (χ1n) is 10.8. The van der Waals surface area contributed by atoms with E-state index in [1.54, 1.807) is 0 Å². The van der Waals surface area contributed by atoms with Gasteiger partial charge in [0.1, 0.15) is 5.82 Å². The van der Waals surface area contributed by atoms with E-state index in [0.717, 1.165) is 42.7 Å². The Morgan fingerprint density at radius 1 is 1.12 bits per heavy atom. The fraction of sp³-hybridized carbons (Fsp3) is 0.417. The van der Waals surface area contributed by atoms with Gasteiger partial charge in [0.2, 0.25) is 0 Å². The van der Waals surface area contributed by atoms with Crippen molar-refractivity contribution in [1.29, 1.82) is 0 Å². The quantitative estimate of drug-likeness (QED) is 0.519. The standard InChI is InChI=1S/C20H26N4O2.2C2H4O2/c1-13-11-18(22)23-14(2)19(13)15-3-5-16(6-4-15)20(25)24-9-10-26-17(12-24)7-8-21;2*1-2(3)4/h3-6,11,17H,7-10,12,21H2,1-2H3,(H2,22,23);2*1H3,(H,3,4). The van der Waals surface area contributed by atoms with Crippen molar-refractivity contribution in [3.8, 4) is 11.1 Å². The average molecular weight is 475 g/mol. The first-order valence-corrected chi connectivity index (χ1v) is 10.8. The minimum absolute atomic E-state index is 0.0307. The van der Waals surface area contributed by atoms with Crippen LogP contribution >= 0.6 is 0 Å². The summed E-state index contributed by atoms with van der Waals surface area (Å²) in [5, 5.41) is 14.8. The summed E-state index contributed by atoms with van der Waals surface area (Å²) in [6.07, 6.45) is 0.800. The number of nitrogen functional groups attached to an aromatic ring is 1. The van der Waals surface area contributed by atoms with E-state index in [-0.39, 0.29) is 12.0 Å². The lowest BCUT2D eigenvalue weighted by atomic mass is 9.98. The number of aliphatic carboxylic acids is 2. The van der Waals surface area contributed by atoms with Crippen molar-refractivity contribution in [2.24, 2.45) is 5.73 Å². The number of aromatic nitrogens is 1. The van der Waals surface area contributed by atoms with Crippen LogP contribution in [0.2, 0.25) is 0 Å². The van der Waals surface area contributed by atoms with Crippen LogP contribution in [0.15, 0.2) is 30.3 Å². The van der Waals surface area contributed by atoms with Crippen LogP contribution in [0.5, 0.6) is 0 Å². The Hall–Kier alpha value is -3.50. The molecular formula is C24H34N4O6. The number of hydrogen-bond donors (Lipinski definition) is 4. The number of nitrogens with two attached hydrogens (primary N) is 2. The third-order valence-electron chi connectivity index (χ3n) is 4.75. The molecule has 1 saturated heterocycles. The van der Waals surface area contributed by atoms with Crippen molar-refractivity contribution < 1.29 is 29.3 Å². The summed E-state index contributed by atoms with van der Waals surface area (Å²) in [4.78, 5) is 37.0. The van der Waals surface area contributed by atoms with Gasteiger partial charge in [-0.3, -0.25) is 14.4 Å². The van der Waals surface area contributed by atoms with Crippen molar-refractivity contribution in [1.82, 2.24) is 9.88 Å². The molecule has 1 fully saturated rings. The molecule has 10 heteroatoms. The second-order valence-electron chi connectivity index (χ2n) is 7.76. The highest BCUT2D eigenvalue weighted by atomic mass is 16.5. The number of ether oxygens (including phenoxy) is 1. The molecule has 1 aliphatic rings. The summed E-state index contributed by atoms with van der Waals surface area (Å²) in [6, 6.07) is 9.56. The number of carboxylic acid groups (broad SMARTS) is 2. The molecule has 10 nitrogen and oxygen atoms in total. The molecule has 1 unspecified atom stereocenters. The van der Waals surface area contributed by atoms with Crippen LogP contribution in [0.3, 0.4) is 0 Å². The molecule has 2 heterocycles. The average Bonchev–Trinajstić information content (AvgIpc) is 2.73. The normalized spacial score (nSPS) is 14.7. The minimum atomic E-state index is -0.833. The molecule has 0 spiro atoms. The van der Waals surface area contributed by atoms with Gasteiger partial charge in [0.15, 0.2) is 0 Å². The van der Waals surface area contributed by atoms with Crippen molar-refractivity contribution in [2.75, 3.05) is 32.0 Å². The molecule has 1 aromatic carbocycles. The number of nitrogens with zero attached hydrogens (tertiary/aromatic N) is 2. The van der Waals surface area contributed by atoms with Gasteiger partial charge in [0, 0.05) is 43.8 Å². The zero-order valence-electron chi connectivity index (χ0n) is 20.1. The maximum atomic E-state index is 12.8. The zero-order chi connectivity index (χ0) is 25.8. The Labute approximate surface area is 199 Å². The first-order chi connectivity index (χ1) is 16.0. The lowest BCUT2D eigenvalue weighted by molar-refractivity contribution is -0.135. The Morgan fingerprint density at radius 3 is 2.18 bits per heavy atom. The molecule has 186 valence electrons. The maximum Gasteiger partial charge on any atom is 0.300 e. The second kappa shape index (κ2) is 13.9. The second-order valence-corrected chi connectivity index (χ2v) is 7.76. The Morgan fingerprint density at radius 2 is 1.68 bits per heavy atom. The van der Waals surface area contributed by atoms with Crippen LogP contribution in [0.4, 0.5) is 5.82 Å². The molecule has 3 rings (SSSR count). The van der Waals surface area contributed by atoms with Gasteiger partial charge in [-0.25, -0.2) is 4.98 Å². The summed E-state index contributed by atoms with van der Waals surface area (Å²) >= 11 is 0. The van der Waals surface area contributed by atoms with Crippen molar-refractivity contribution in [3.05, 3.63) is 47.2 Å².